The molecule has 2 unspecified atom stereocenters. The van der Waals surface area contributed by atoms with Crippen LogP contribution in [-0.2, 0) is 29.4 Å². The van der Waals surface area contributed by atoms with Crippen LogP contribution in [0, 0.1) is 5.82 Å². The van der Waals surface area contributed by atoms with Crippen molar-refractivity contribution in [2.24, 2.45) is 0 Å². The molecule has 6 nitrogen and oxygen atoms in total. The van der Waals surface area contributed by atoms with Gasteiger partial charge >= 0.3 is 18.1 Å². The van der Waals surface area contributed by atoms with Crippen LogP contribution < -0.4 is 0 Å². The quantitative estimate of drug-likeness (QED) is 0.476. The summed E-state index contributed by atoms with van der Waals surface area (Å²) >= 11 is 0. The van der Waals surface area contributed by atoms with Gasteiger partial charge < -0.3 is 19.1 Å². The molecule has 34 heavy (non-hydrogen) atoms. The predicted octanol–water partition coefficient (Wildman–Crippen LogP) is 4.59. The molecule has 2 heterocycles. The second-order valence-corrected chi connectivity index (χ2v) is 7.65. The van der Waals surface area contributed by atoms with Crippen molar-refractivity contribution in [1.82, 2.24) is 4.90 Å². The van der Waals surface area contributed by atoms with Crippen molar-refractivity contribution >= 4 is 18.0 Å². The normalized spacial score (nSPS) is 21.9. The van der Waals surface area contributed by atoms with Gasteiger partial charge in [-0.15, -0.1) is 0 Å². The molecule has 2 aliphatic rings. The van der Waals surface area contributed by atoms with Crippen molar-refractivity contribution in [1.29, 1.82) is 0 Å². The molecular weight excluding hydrogens is 458 g/mol. The minimum absolute atomic E-state index is 0.328. The number of nitrogens with zero attached hydrogens (tertiary/aromatic N) is 1. The van der Waals surface area contributed by atoms with Gasteiger partial charge in [0.15, 0.2) is 6.23 Å². The fraction of sp³-hybridized carbons (Fsp3) is 0.250. The van der Waals surface area contributed by atoms with E-state index in [9.17, 15) is 14.0 Å². The van der Waals surface area contributed by atoms with E-state index in [1.807, 2.05) is 0 Å². The minimum atomic E-state index is -5.27. The Kier molecular flexibility index (Phi) is 5.72. The Bertz CT molecular complexity index is 1220. The molecule has 0 saturated carbocycles. The Labute approximate surface area is 192 Å². The van der Waals surface area contributed by atoms with Crippen LogP contribution in [0.3, 0.4) is 0 Å². The first kappa shape index (κ1) is 23.5. The van der Waals surface area contributed by atoms with Crippen molar-refractivity contribution in [2.75, 3.05) is 14.2 Å². The van der Waals surface area contributed by atoms with Crippen LogP contribution in [0.25, 0.3) is 6.08 Å². The van der Waals surface area contributed by atoms with E-state index in [0.29, 0.717) is 16.8 Å². The molecule has 0 aliphatic carbocycles. The van der Waals surface area contributed by atoms with E-state index in [1.165, 1.54) is 4.90 Å². The second kappa shape index (κ2) is 8.28. The van der Waals surface area contributed by atoms with Gasteiger partial charge in [-0.1, -0.05) is 36.4 Å². The number of hydrogen-bond acceptors (Lipinski definition) is 6. The van der Waals surface area contributed by atoms with Crippen molar-refractivity contribution in [2.45, 2.75) is 24.9 Å². The monoisotopic (exact) mass is 477 g/mol. The number of fused-ring (bicyclic) bond motifs is 3. The number of ether oxygens (including phenoxy) is 3. The number of carbonyl (C=O) groups is 2. The first-order chi connectivity index (χ1) is 16.1. The SMILES string of the molecule is COC(=O)C1=C(C(=O)OC)C(c2ccc(F)cc2)(C(F)(F)F)OC2c3ccccc3C=C(C)N12. The third kappa shape index (κ3) is 3.37. The van der Waals surface area contributed by atoms with Crippen LogP contribution in [0.2, 0.25) is 0 Å². The van der Waals surface area contributed by atoms with Crippen molar-refractivity contribution in [3.8, 4) is 0 Å². The van der Waals surface area contributed by atoms with E-state index in [1.54, 1.807) is 37.3 Å². The summed E-state index contributed by atoms with van der Waals surface area (Å²) in [5, 5.41) is 0. The molecular formula is C24H19F4NO5. The molecule has 0 spiro atoms. The summed E-state index contributed by atoms with van der Waals surface area (Å²) in [5.74, 6) is -3.44. The zero-order valence-electron chi connectivity index (χ0n) is 18.3. The summed E-state index contributed by atoms with van der Waals surface area (Å²) in [6.07, 6.45) is -5.09. The Morgan fingerprint density at radius 3 is 2.21 bits per heavy atom. The standard InChI is InChI=1S/C24H19F4NO5/c1-13-12-14-6-4-5-7-17(14)20-29(13)19(22(31)33-3)18(21(30)32-2)23(34-20,24(26,27)28)15-8-10-16(25)11-9-15/h4-12,20H,1-3H3. The Hall–Kier alpha value is -3.66. The number of alkyl halides is 3. The topological polar surface area (TPSA) is 65.1 Å². The molecule has 0 fully saturated rings. The molecule has 0 aromatic heterocycles. The van der Waals surface area contributed by atoms with Gasteiger partial charge in [-0.2, -0.15) is 13.2 Å². The van der Waals surface area contributed by atoms with Crippen LogP contribution in [0.1, 0.15) is 29.8 Å². The summed E-state index contributed by atoms with van der Waals surface area (Å²) in [5.41, 5.74) is -4.65. The summed E-state index contributed by atoms with van der Waals surface area (Å²) in [6, 6.07) is 9.89. The lowest BCUT2D eigenvalue weighted by Gasteiger charge is -2.50. The van der Waals surface area contributed by atoms with E-state index in [0.717, 1.165) is 38.5 Å². The fourth-order valence-corrected chi connectivity index (χ4v) is 4.32. The van der Waals surface area contributed by atoms with Crippen LogP contribution in [-0.4, -0.2) is 37.2 Å². The molecule has 0 amide bonds. The molecule has 0 N–H and O–H groups in total. The van der Waals surface area contributed by atoms with Gasteiger partial charge in [0.25, 0.3) is 0 Å². The molecule has 2 aromatic rings. The molecule has 2 aliphatic heterocycles. The molecule has 4 rings (SSSR count). The Morgan fingerprint density at radius 2 is 1.62 bits per heavy atom. The van der Waals surface area contributed by atoms with Crippen LogP contribution >= 0.6 is 0 Å². The molecule has 178 valence electrons. The number of halogens is 4. The van der Waals surface area contributed by atoms with Crippen LogP contribution in [0.15, 0.2) is 65.5 Å². The first-order valence-corrected chi connectivity index (χ1v) is 10.0. The summed E-state index contributed by atoms with van der Waals surface area (Å²) in [7, 11) is 1.87. The zero-order chi connectivity index (χ0) is 24.8. The number of benzene rings is 2. The maximum atomic E-state index is 15.1. The third-order valence-corrected chi connectivity index (χ3v) is 5.78. The number of carbonyl (C=O) groups excluding carboxylic acids is 2. The van der Waals surface area contributed by atoms with Crippen molar-refractivity contribution < 1.29 is 41.4 Å². The Balaban J connectivity index is 2.17. The molecule has 0 saturated heterocycles. The molecule has 2 atom stereocenters. The number of allylic oxidation sites excluding steroid dienone is 1. The van der Waals surface area contributed by atoms with Crippen molar-refractivity contribution in [3.05, 3.63) is 88.0 Å². The molecule has 2 aromatic carbocycles. The van der Waals surface area contributed by atoms with Crippen LogP contribution in [0.4, 0.5) is 17.6 Å². The highest BCUT2D eigenvalue weighted by Gasteiger charge is 2.68. The molecule has 10 heteroatoms. The highest BCUT2D eigenvalue weighted by molar-refractivity contribution is 6.02. The zero-order valence-corrected chi connectivity index (χ0v) is 18.3. The lowest BCUT2D eigenvalue weighted by atomic mass is 9.80. The number of hydrogen-bond donors (Lipinski definition) is 0. The third-order valence-electron chi connectivity index (χ3n) is 5.78. The van der Waals surface area contributed by atoms with E-state index >= 15 is 13.2 Å². The fourth-order valence-electron chi connectivity index (χ4n) is 4.32. The van der Waals surface area contributed by atoms with Gasteiger partial charge in [0.2, 0.25) is 5.60 Å². The number of esters is 2. The summed E-state index contributed by atoms with van der Waals surface area (Å²) in [6.45, 7) is 1.56. The van der Waals surface area contributed by atoms with E-state index in [2.05, 4.69) is 4.74 Å². The van der Waals surface area contributed by atoms with Gasteiger partial charge in [0, 0.05) is 11.3 Å². The van der Waals surface area contributed by atoms with E-state index < -0.39 is 52.6 Å². The number of rotatable bonds is 3. The maximum Gasteiger partial charge on any atom is 0.426 e. The average Bonchev–Trinajstić information content (AvgIpc) is 2.81. The smallest absolute Gasteiger partial charge is 0.426 e. The maximum absolute atomic E-state index is 15.1. The van der Waals surface area contributed by atoms with Crippen molar-refractivity contribution in [3.63, 3.8) is 0 Å². The second-order valence-electron chi connectivity index (χ2n) is 7.65. The lowest BCUT2D eigenvalue weighted by Crippen LogP contribution is -2.57. The average molecular weight is 477 g/mol. The van der Waals surface area contributed by atoms with Gasteiger partial charge in [0.1, 0.15) is 17.1 Å². The lowest BCUT2D eigenvalue weighted by molar-refractivity contribution is -0.304. The van der Waals surface area contributed by atoms with Gasteiger partial charge in [-0.3, -0.25) is 0 Å². The van der Waals surface area contributed by atoms with Crippen LogP contribution in [0.5, 0.6) is 0 Å². The van der Waals surface area contributed by atoms with Gasteiger partial charge in [-0.25, -0.2) is 14.0 Å². The molecule has 0 bridgehead atoms. The minimum Gasteiger partial charge on any atom is -0.466 e. The largest absolute Gasteiger partial charge is 0.466 e. The first-order valence-electron chi connectivity index (χ1n) is 10.0. The Morgan fingerprint density at radius 1 is 1.00 bits per heavy atom. The van der Waals surface area contributed by atoms with Gasteiger partial charge in [-0.05, 0) is 36.3 Å². The number of methoxy groups -OCH3 is 2. The molecule has 0 radical (unpaired) electrons. The highest BCUT2D eigenvalue weighted by Crippen LogP contribution is 2.57. The summed E-state index contributed by atoms with van der Waals surface area (Å²) < 4.78 is 74.1. The highest BCUT2D eigenvalue weighted by atomic mass is 19.4. The van der Waals surface area contributed by atoms with Gasteiger partial charge in [0.05, 0.1) is 14.2 Å². The van der Waals surface area contributed by atoms with E-state index in [-0.39, 0.29) is 0 Å². The predicted molar refractivity (Wildman–Crippen MR) is 111 cm³/mol. The summed E-state index contributed by atoms with van der Waals surface area (Å²) in [4.78, 5) is 27.1. The van der Waals surface area contributed by atoms with E-state index in [4.69, 9.17) is 9.47 Å².